The number of nitrogens with one attached hydrogen (secondary N) is 1. The molecule has 0 unspecified atom stereocenters. The molecule has 9 nitrogen and oxygen atoms in total. The van der Waals surface area contributed by atoms with E-state index in [-0.39, 0.29) is 28.8 Å². The van der Waals surface area contributed by atoms with Crippen LogP contribution < -0.4 is 19.1 Å². The molecule has 0 radical (unpaired) electrons. The van der Waals surface area contributed by atoms with Crippen molar-refractivity contribution in [3.8, 4) is 11.5 Å². The second-order valence-corrected chi connectivity index (χ2v) is 11.6. The fraction of sp³-hybridized carbons (Fsp3) is 0.355. The lowest BCUT2D eigenvalue weighted by Crippen LogP contribution is -2.51. The zero-order valence-electron chi connectivity index (χ0n) is 24.3. The molecule has 220 valence electrons. The number of amides is 2. The van der Waals surface area contributed by atoms with Crippen LogP contribution in [0.1, 0.15) is 37.8 Å². The summed E-state index contributed by atoms with van der Waals surface area (Å²) in [5, 5.41) is 2.88. The van der Waals surface area contributed by atoms with Gasteiger partial charge in [0.25, 0.3) is 10.0 Å². The standard InChI is InChI=1S/C31H39N3O6S/c1-6-7-19-32-31(36)24(3)33(21-25-11-9-8-10-12-25)30(35)22-34(28-20-26(39-4)15-18-29(28)40-5)41(37,38)27-16-13-23(2)14-17-27/h8-18,20,24H,6-7,19,21-22H2,1-5H3,(H,32,36)/t24-/m0/s1. The van der Waals surface area contributed by atoms with Crippen LogP contribution in [0.25, 0.3) is 0 Å². The Bertz CT molecular complexity index is 1410. The summed E-state index contributed by atoms with van der Waals surface area (Å²) in [6, 6.07) is 19.5. The van der Waals surface area contributed by atoms with Gasteiger partial charge in [-0.15, -0.1) is 0 Å². The van der Waals surface area contributed by atoms with E-state index in [0.717, 1.165) is 28.3 Å². The third kappa shape index (κ3) is 8.00. The number of carbonyl (C=O) groups excluding carboxylic acids is 2. The molecule has 3 aromatic carbocycles. The minimum atomic E-state index is -4.24. The van der Waals surface area contributed by atoms with E-state index in [1.165, 1.54) is 37.3 Å². The fourth-order valence-electron chi connectivity index (χ4n) is 4.24. The molecule has 0 aliphatic rings. The number of aryl methyl sites for hydroxylation is 1. The number of carbonyl (C=O) groups is 2. The number of unbranched alkanes of at least 4 members (excludes halogenated alkanes) is 1. The molecule has 41 heavy (non-hydrogen) atoms. The van der Waals surface area contributed by atoms with Crippen molar-refractivity contribution in [2.24, 2.45) is 0 Å². The number of anilines is 1. The van der Waals surface area contributed by atoms with E-state index in [4.69, 9.17) is 9.47 Å². The summed E-state index contributed by atoms with van der Waals surface area (Å²) in [5.74, 6) is -0.224. The highest BCUT2D eigenvalue weighted by Crippen LogP contribution is 2.36. The first-order chi connectivity index (χ1) is 19.6. The molecule has 0 spiro atoms. The predicted octanol–water partition coefficient (Wildman–Crippen LogP) is 4.54. The van der Waals surface area contributed by atoms with Crippen LogP contribution in [0.4, 0.5) is 5.69 Å². The van der Waals surface area contributed by atoms with E-state index in [1.807, 2.05) is 44.2 Å². The molecule has 0 bridgehead atoms. The van der Waals surface area contributed by atoms with Gasteiger partial charge in [-0.05, 0) is 50.1 Å². The van der Waals surface area contributed by atoms with Crippen molar-refractivity contribution in [3.63, 3.8) is 0 Å². The van der Waals surface area contributed by atoms with Crippen LogP contribution in [0.3, 0.4) is 0 Å². The molecule has 0 heterocycles. The Morgan fingerprint density at radius 2 is 1.63 bits per heavy atom. The number of hydrogen-bond donors (Lipinski definition) is 1. The number of methoxy groups -OCH3 is 2. The summed E-state index contributed by atoms with van der Waals surface area (Å²) in [6.45, 7) is 5.57. The van der Waals surface area contributed by atoms with Crippen LogP contribution >= 0.6 is 0 Å². The van der Waals surface area contributed by atoms with Gasteiger partial charge in [0.2, 0.25) is 11.8 Å². The number of nitrogens with zero attached hydrogens (tertiary/aromatic N) is 2. The van der Waals surface area contributed by atoms with Crippen molar-refractivity contribution in [1.29, 1.82) is 0 Å². The van der Waals surface area contributed by atoms with E-state index in [9.17, 15) is 18.0 Å². The summed E-state index contributed by atoms with van der Waals surface area (Å²) in [6.07, 6.45) is 1.72. The van der Waals surface area contributed by atoms with Crippen molar-refractivity contribution in [2.75, 3.05) is 31.6 Å². The Morgan fingerprint density at radius 1 is 0.951 bits per heavy atom. The summed E-state index contributed by atoms with van der Waals surface area (Å²) in [4.78, 5) is 28.6. The van der Waals surface area contributed by atoms with Gasteiger partial charge >= 0.3 is 0 Å². The monoisotopic (exact) mass is 581 g/mol. The minimum Gasteiger partial charge on any atom is -0.497 e. The summed E-state index contributed by atoms with van der Waals surface area (Å²) in [5.41, 5.74) is 1.84. The van der Waals surface area contributed by atoms with Crippen molar-refractivity contribution in [3.05, 3.63) is 83.9 Å². The lowest BCUT2D eigenvalue weighted by molar-refractivity contribution is -0.139. The summed E-state index contributed by atoms with van der Waals surface area (Å²) in [7, 11) is -1.35. The first kappa shape index (κ1) is 31.5. The zero-order chi connectivity index (χ0) is 30.0. The second-order valence-electron chi connectivity index (χ2n) is 9.69. The van der Waals surface area contributed by atoms with Crippen LogP contribution in [0, 0.1) is 6.92 Å². The molecule has 1 atom stereocenters. The highest BCUT2D eigenvalue weighted by Gasteiger charge is 2.34. The van der Waals surface area contributed by atoms with Gasteiger partial charge < -0.3 is 19.7 Å². The topological polar surface area (TPSA) is 105 Å². The first-order valence-electron chi connectivity index (χ1n) is 13.5. The Kier molecular flexibility index (Phi) is 11.2. The van der Waals surface area contributed by atoms with Gasteiger partial charge in [-0.1, -0.05) is 61.4 Å². The first-order valence-corrected chi connectivity index (χ1v) is 15.0. The molecule has 3 rings (SSSR count). The third-order valence-corrected chi connectivity index (χ3v) is 8.51. The maximum absolute atomic E-state index is 14.1. The van der Waals surface area contributed by atoms with E-state index in [2.05, 4.69) is 5.32 Å². The minimum absolute atomic E-state index is 0.0146. The number of benzene rings is 3. The Hall–Kier alpha value is -4.05. The lowest BCUT2D eigenvalue weighted by atomic mass is 10.1. The van der Waals surface area contributed by atoms with E-state index in [0.29, 0.717) is 12.3 Å². The molecule has 0 aromatic heterocycles. The molecule has 0 fully saturated rings. The van der Waals surface area contributed by atoms with Crippen LogP contribution in [0.15, 0.2) is 77.7 Å². The molecule has 0 aliphatic carbocycles. The molecule has 1 N–H and O–H groups in total. The molecule has 0 saturated heterocycles. The number of rotatable bonds is 14. The van der Waals surface area contributed by atoms with Crippen LogP contribution in [0.5, 0.6) is 11.5 Å². The van der Waals surface area contributed by atoms with Crippen molar-refractivity contribution < 1.29 is 27.5 Å². The Balaban J connectivity index is 2.08. The van der Waals surface area contributed by atoms with Gasteiger partial charge in [-0.3, -0.25) is 13.9 Å². The van der Waals surface area contributed by atoms with Gasteiger partial charge in [0.1, 0.15) is 24.1 Å². The van der Waals surface area contributed by atoms with Crippen LogP contribution in [-0.4, -0.2) is 58.5 Å². The van der Waals surface area contributed by atoms with Crippen molar-refractivity contribution in [2.45, 2.75) is 51.1 Å². The molecular weight excluding hydrogens is 542 g/mol. The van der Waals surface area contributed by atoms with Crippen LogP contribution in [-0.2, 0) is 26.2 Å². The fourth-order valence-corrected chi connectivity index (χ4v) is 5.66. The smallest absolute Gasteiger partial charge is 0.264 e. The summed E-state index contributed by atoms with van der Waals surface area (Å²) >= 11 is 0. The van der Waals surface area contributed by atoms with Gasteiger partial charge in [0, 0.05) is 19.2 Å². The molecule has 3 aromatic rings. The predicted molar refractivity (Wildman–Crippen MR) is 160 cm³/mol. The molecule has 10 heteroatoms. The highest BCUT2D eigenvalue weighted by atomic mass is 32.2. The van der Waals surface area contributed by atoms with E-state index in [1.54, 1.807) is 31.2 Å². The normalized spacial score (nSPS) is 11.8. The third-order valence-electron chi connectivity index (χ3n) is 6.74. The van der Waals surface area contributed by atoms with Gasteiger partial charge in [-0.2, -0.15) is 0 Å². The van der Waals surface area contributed by atoms with Crippen molar-refractivity contribution >= 4 is 27.5 Å². The molecule has 0 aliphatic heterocycles. The lowest BCUT2D eigenvalue weighted by Gasteiger charge is -2.32. The second kappa shape index (κ2) is 14.5. The zero-order valence-corrected chi connectivity index (χ0v) is 25.1. The molecule has 0 saturated carbocycles. The van der Waals surface area contributed by atoms with E-state index >= 15 is 0 Å². The van der Waals surface area contributed by atoms with E-state index < -0.39 is 28.5 Å². The largest absolute Gasteiger partial charge is 0.497 e. The van der Waals surface area contributed by atoms with Crippen molar-refractivity contribution in [1.82, 2.24) is 10.2 Å². The highest BCUT2D eigenvalue weighted by molar-refractivity contribution is 7.92. The molecule has 2 amide bonds. The van der Waals surface area contributed by atoms with Gasteiger partial charge in [0.05, 0.1) is 24.8 Å². The summed E-state index contributed by atoms with van der Waals surface area (Å²) < 4.78 is 40.1. The van der Waals surface area contributed by atoms with Crippen LogP contribution in [0.2, 0.25) is 0 Å². The average Bonchev–Trinajstić information content (AvgIpc) is 2.98. The average molecular weight is 582 g/mol. The van der Waals surface area contributed by atoms with Gasteiger partial charge in [-0.25, -0.2) is 8.42 Å². The SMILES string of the molecule is CCCCNC(=O)[C@H](C)N(Cc1ccccc1)C(=O)CN(c1cc(OC)ccc1OC)S(=O)(=O)c1ccc(C)cc1. The number of hydrogen-bond acceptors (Lipinski definition) is 6. The number of sulfonamides is 1. The Morgan fingerprint density at radius 3 is 2.24 bits per heavy atom. The van der Waals surface area contributed by atoms with Gasteiger partial charge in [0.15, 0.2) is 0 Å². The maximum atomic E-state index is 14.1. The molecular formula is C31H39N3O6S. The number of ether oxygens (including phenoxy) is 2. The maximum Gasteiger partial charge on any atom is 0.264 e. The Labute approximate surface area is 243 Å². The quantitative estimate of drug-likeness (QED) is 0.280.